The highest BCUT2D eigenvalue weighted by Crippen LogP contribution is 2.23. The summed E-state index contributed by atoms with van der Waals surface area (Å²) in [5, 5.41) is 0. The van der Waals surface area contributed by atoms with Crippen molar-refractivity contribution in [3.8, 4) is 0 Å². The van der Waals surface area contributed by atoms with Crippen molar-refractivity contribution in [1.82, 2.24) is 14.5 Å². The molecule has 4 heteroatoms. The normalized spacial score (nSPS) is 15.5. The van der Waals surface area contributed by atoms with Crippen molar-refractivity contribution in [1.29, 1.82) is 0 Å². The lowest BCUT2D eigenvalue weighted by atomic mass is 10.2. The predicted octanol–water partition coefficient (Wildman–Crippen LogP) is 4.44. The third-order valence-electron chi connectivity index (χ3n) is 4.58. The van der Waals surface area contributed by atoms with Gasteiger partial charge in [0, 0.05) is 4.47 Å². The molecule has 118 valence electrons. The highest BCUT2D eigenvalue weighted by atomic mass is 79.9. The topological polar surface area (TPSA) is 21.1 Å². The third kappa shape index (κ3) is 3.06. The molecule has 23 heavy (non-hydrogen) atoms. The third-order valence-corrected chi connectivity index (χ3v) is 5.36. The van der Waals surface area contributed by atoms with Gasteiger partial charge in [0.2, 0.25) is 0 Å². The van der Waals surface area contributed by atoms with Gasteiger partial charge >= 0.3 is 0 Å². The Morgan fingerprint density at radius 3 is 2.48 bits per heavy atom. The largest absolute Gasteiger partial charge is 0.322 e. The van der Waals surface area contributed by atoms with Gasteiger partial charge in [-0.3, -0.25) is 4.90 Å². The van der Waals surface area contributed by atoms with Crippen LogP contribution in [-0.2, 0) is 13.1 Å². The van der Waals surface area contributed by atoms with Crippen LogP contribution in [0.5, 0.6) is 0 Å². The molecule has 3 nitrogen and oxygen atoms in total. The molecule has 0 unspecified atom stereocenters. The predicted molar refractivity (Wildman–Crippen MR) is 97.5 cm³/mol. The zero-order chi connectivity index (χ0) is 15.6. The second-order valence-corrected chi connectivity index (χ2v) is 7.03. The van der Waals surface area contributed by atoms with Crippen molar-refractivity contribution in [2.45, 2.75) is 25.9 Å². The van der Waals surface area contributed by atoms with E-state index >= 15 is 0 Å². The summed E-state index contributed by atoms with van der Waals surface area (Å²) in [7, 11) is 0. The molecule has 3 aromatic rings. The average molecular weight is 370 g/mol. The molecular formula is C19H20BrN3. The average Bonchev–Trinajstić information content (AvgIpc) is 3.19. The Morgan fingerprint density at radius 2 is 1.65 bits per heavy atom. The minimum absolute atomic E-state index is 0.852. The first-order chi connectivity index (χ1) is 11.3. The molecule has 1 aliphatic rings. The summed E-state index contributed by atoms with van der Waals surface area (Å²) < 4.78 is 3.53. The lowest BCUT2D eigenvalue weighted by molar-refractivity contribution is 0.318. The first-order valence-corrected chi connectivity index (χ1v) is 9.00. The maximum atomic E-state index is 4.91. The van der Waals surface area contributed by atoms with Crippen molar-refractivity contribution in [3.63, 3.8) is 0 Å². The van der Waals surface area contributed by atoms with Crippen LogP contribution in [0.1, 0.15) is 24.2 Å². The summed E-state index contributed by atoms with van der Waals surface area (Å²) in [6.45, 7) is 4.18. The number of aromatic nitrogens is 2. The summed E-state index contributed by atoms with van der Waals surface area (Å²) in [5.41, 5.74) is 3.60. The minimum Gasteiger partial charge on any atom is -0.322 e. The van der Waals surface area contributed by atoms with Gasteiger partial charge < -0.3 is 4.57 Å². The Bertz CT molecular complexity index is 818. The van der Waals surface area contributed by atoms with E-state index in [1.165, 1.54) is 42.8 Å². The van der Waals surface area contributed by atoms with Crippen LogP contribution < -0.4 is 0 Å². The van der Waals surface area contributed by atoms with Gasteiger partial charge in [-0.2, -0.15) is 0 Å². The van der Waals surface area contributed by atoms with E-state index < -0.39 is 0 Å². The van der Waals surface area contributed by atoms with Gasteiger partial charge in [-0.15, -0.1) is 0 Å². The number of benzene rings is 2. The molecule has 1 fully saturated rings. The van der Waals surface area contributed by atoms with Gasteiger partial charge in [0.05, 0.1) is 24.1 Å². The van der Waals surface area contributed by atoms with Crippen LogP contribution in [-0.4, -0.2) is 27.5 Å². The number of imidazole rings is 1. The Hall–Kier alpha value is -1.65. The van der Waals surface area contributed by atoms with Gasteiger partial charge in [0.25, 0.3) is 0 Å². The molecule has 0 saturated carbocycles. The Morgan fingerprint density at radius 1 is 0.913 bits per heavy atom. The van der Waals surface area contributed by atoms with Crippen molar-refractivity contribution in [3.05, 3.63) is 64.4 Å². The van der Waals surface area contributed by atoms with Crippen LogP contribution in [0.25, 0.3) is 11.0 Å². The van der Waals surface area contributed by atoms with E-state index in [-0.39, 0.29) is 0 Å². The number of hydrogen-bond donors (Lipinski definition) is 0. The lowest BCUT2D eigenvalue weighted by Crippen LogP contribution is -2.21. The van der Waals surface area contributed by atoms with Gasteiger partial charge in [-0.05, 0) is 49.7 Å². The molecule has 4 rings (SSSR count). The lowest BCUT2D eigenvalue weighted by Gasteiger charge is -2.16. The van der Waals surface area contributed by atoms with E-state index in [1.807, 2.05) is 0 Å². The Balaban J connectivity index is 1.74. The number of hydrogen-bond acceptors (Lipinski definition) is 2. The Labute approximate surface area is 145 Å². The van der Waals surface area contributed by atoms with E-state index in [4.69, 9.17) is 4.98 Å². The minimum atomic E-state index is 0.852. The zero-order valence-corrected chi connectivity index (χ0v) is 14.7. The molecule has 0 bridgehead atoms. The molecule has 2 aromatic carbocycles. The molecule has 0 spiro atoms. The number of fused-ring (bicyclic) bond motifs is 1. The van der Waals surface area contributed by atoms with E-state index in [9.17, 15) is 0 Å². The van der Waals surface area contributed by atoms with Crippen molar-refractivity contribution in [2.75, 3.05) is 13.1 Å². The summed E-state index contributed by atoms with van der Waals surface area (Å²) in [6, 6.07) is 16.9. The maximum Gasteiger partial charge on any atom is 0.124 e. The number of likely N-dealkylation sites (tertiary alicyclic amines) is 1. The summed E-state index contributed by atoms with van der Waals surface area (Å²) in [6.07, 6.45) is 2.62. The molecule has 0 aliphatic carbocycles. The fraction of sp³-hybridized carbons (Fsp3) is 0.316. The van der Waals surface area contributed by atoms with E-state index in [0.29, 0.717) is 0 Å². The van der Waals surface area contributed by atoms with Gasteiger partial charge in [-0.25, -0.2) is 4.98 Å². The molecular weight excluding hydrogens is 350 g/mol. The second-order valence-electron chi connectivity index (χ2n) is 6.18. The fourth-order valence-electron chi connectivity index (χ4n) is 3.36. The highest BCUT2D eigenvalue weighted by Gasteiger charge is 2.17. The molecule has 1 aliphatic heterocycles. The first kappa shape index (κ1) is 14.9. The van der Waals surface area contributed by atoms with Gasteiger partial charge in [-0.1, -0.05) is 46.3 Å². The van der Waals surface area contributed by atoms with Crippen LogP contribution >= 0.6 is 15.9 Å². The van der Waals surface area contributed by atoms with E-state index in [0.717, 1.165) is 23.1 Å². The van der Waals surface area contributed by atoms with Crippen molar-refractivity contribution < 1.29 is 0 Å². The number of halogens is 1. The van der Waals surface area contributed by atoms with Crippen molar-refractivity contribution in [2.24, 2.45) is 0 Å². The van der Waals surface area contributed by atoms with Gasteiger partial charge in [0.15, 0.2) is 0 Å². The first-order valence-electron chi connectivity index (χ1n) is 8.21. The van der Waals surface area contributed by atoms with Crippen LogP contribution in [0.2, 0.25) is 0 Å². The summed E-state index contributed by atoms with van der Waals surface area (Å²) >= 11 is 3.67. The molecule has 0 amide bonds. The quantitative estimate of drug-likeness (QED) is 0.677. The molecule has 1 saturated heterocycles. The van der Waals surface area contributed by atoms with Crippen molar-refractivity contribution >= 4 is 27.0 Å². The Kier molecular flexibility index (Phi) is 4.19. The van der Waals surface area contributed by atoms with E-state index in [2.05, 4.69) is 73.9 Å². The van der Waals surface area contributed by atoms with Crippen LogP contribution in [0.4, 0.5) is 0 Å². The fourth-order valence-corrected chi connectivity index (χ4v) is 3.77. The number of nitrogens with zero attached hydrogens (tertiary/aromatic N) is 3. The van der Waals surface area contributed by atoms with Crippen LogP contribution in [0, 0.1) is 0 Å². The monoisotopic (exact) mass is 369 g/mol. The second kappa shape index (κ2) is 6.46. The number of para-hydroxylation sites is 2. The molecule has 2 heterocycles. The van der Waals surface area contributed by atoms with Gasteiger partial charge in [0.1, 0.15) is 5.82 Å². The van der Waals surface area contributed by atoms with Crippen LogP contribution in [0.15, 0.2) is 53.0 Å². The molecule has 0 radical (unpaired) electrons. The molecule has 0 atom stereocenters. The standard InChI is InChI=1S/C19H20BrN3/c20-16-8-2-1-7-15(16)13-23-18-10-4-3-9-17(18)21-19(23)14-22-11-5-6-12-22/h1-4,7-10H,5-6,11-14H2. The highest BCUT2D eigenvalue weighted by molar-refractivity contribution is 9.10. The summed E-state index contributed by atoms with van der Waals surface area (Å²) in [4.78, 5) is 7.42. The smallest absolute Gasteiger partial charge is 0.124 e. The SMILES string of the molecule is Brc1ccccc1Cn1c(CN2CCCC2)nc2ccccc21. The number of rotatable bonds is 4. The van der Waals surface area contributed by atoms with E-state index in [1.54, 1.807) is 0 Å². The van der Waals surface area contributed by atoms with Crippen LogP contribution in [0.3, 0.4) is 0 Å². The molecule has 0 N–H and O–H groups in total. The zero-order valence-electron chi connectivity index (χ0n) is 13.1. The molecule has 1 aromatic heterocycles. The summed E-state index contributed by atoms with van der Waals surface area (Å²) in [5.74, 6) is 1.17. The maximum absolute atomic E-state index is 4.91.